The molecule has 1 N–H and O–H groups in total. The third-order valence-electron chi connectivity index (χ3n) is 8.00. The number of likely N-dealkylation sites (tertiary alicyclic amines) is 1. The second kappa shape index (κ2) is 14.2. The summed E-state index contributed by atoms with van der Waals surface area (Å²) in [5, 5.41) is 10.1. The molecule has 0 radical (unpaired) electrons. The van der Waals surface area contributed by atoms with Crippen LogP contribution in [0.5, 0.6) is 5.75 Å². The van der Waals surface area contributed by atoms with Gasteiger partial charge in [-0.1, -0.05) is 6.42 Å². The predicted octanol–water partition coefficient (Wildman–Crippen LogP) is 6.65. The minimum Gasteiger partial charge on any atom is -0.497 e. The maximum atomic E-state index is 15.6. The third kappa shape index (κ3) is 7.97. The van der Waals surface area contributed by atoms with Gasteiger partial charge in [-0.2, -0.15) is 0 Å². The number of aryl methyl sites for hydroxylation is 1. The van der Waals surface area contributed by atoms with Crippen molar-refractivity contribution < 1.29 is 19.0 Å². The monoisotopic (exact) mass is 521 g/mol. The first-order valence-electron chi connectivity index (χ1n) is 13.9. The number of halogens is 1. The first-order valence-corrected chi connectivity index (χ1v) is 13.9. The highest BCUT2D eigenvalue weighted by Crippen LogP contribution is 2.36. The van der Waals surface area contributed by atoms with Crippen LogP contribution in [0.4, 0.5) is 4.39 Å². The van der Waals surface area contributed by atoms with E-state index in [1.807, 2.05) is 30.6 Å². The van der Waals surface area contributed by atoms with Crippen molar-refractivity contribution in [3.63, 3.8) is 0 Å². The molecule has 6 nitrogen and oxygen atoms in total. The molecule has 7 heteroatoms. The van der Waals surface area contributed by atoms with Crippen molar-refractivity contribution >= 4 is 16.9 Å². The number of hydrogen-bond donors (Lipinski definition) is 1. The number of unbranched alkanes of at least 4 members (excludes halogenated alkanes) is 2. The fourth-order valence-electron chi connectivity index (χ4n) is 5.83. The summed E-state index contributed by atoms with van der Waals surface area (Å²) in [6.07, 6.45) is 11.9. The topological polar surface area (TPSA) is 75.5 Å². The number of hydrogen-bond acceptors (Lipinski definition) is 5. The van der Waals surface area contributed by atoms with Gasteiger partial charge in [-0.3, -0.25) is 14.8 Å². The van der Waals surface area contributed by atoms with E-state index in [1.165, 1.54) is 12.0 Å². The highest BCUT2D eigenvalue weighted by atomic mass is 19.1. The quantitative estimate of drug-likeness (QED) is 0.240. The summed E-state index contributed by atoms with van der Waals surface area (Å²) >= 11 is 0. The first-order chi connectivity index (χ1) is 18.5. The van der Waals surface area contributed by atoms with Gasteiger partial charge < -0.3 is 14.7 Å². The molecule has 0 spiro atoms. The molecule has 1 unspecified atom stereocenters. The molecule has 1 aliphatic heterocycles. The molecular weight excluding hydrogens is 481 g/mol. The van der Waals surface area contributed by atoms with Crippen LogP contribution in [0, 0.1) is 11.8 Å². The van der Waals surface area contributed by atoms with Gasteiger partial charge in [0.1, 0.15) is 11.9 Å². The lowest BCUT2D eigenvalue weighted by Crippen LogP contribution is -2.41. The summed E-state index contributed by atoms with van der Waals surface area (Å²) in [6.45, 7) is 2.96. The molecule has 3 aromatic rings. The molecule has 1 aliphatic rings. The molecule has 0 aliphatic carbocycles. The highest BCUT2D eigenvalue weighted by molar-refractivity contribution is 5.83. The maximum Gasteiger partial charge on any atom is 0.303 e. The van der Waals surface area contributed by atoms with Crippen molar-refractivity contribution in [2.75, 3.05) is 26.7 Å². The number of nitrogens with zero attached hydrogens (tertiary/aromatic N) is 3. The largest absolute Gasteiger partial charge is 0.497 e. The molecule has 204 valence electrons. The average molecular weight is 522 g/mol. The van der Waals surface area contributed by atoms with E-state index in [4.69, 9.17) is 4.74 Å². The number of fused-ring (bicyclic) bond motifs is 1. The SMILES string of the molecule is COc1ccc2nccc(C(F)CC[C@@H]3CCN(CCCCCc4ccncc4)C[C@@H]3CCC(=O)O)c2c1. The fraction of sp³-hybridized carbons (Fsp3) is 0.516. The number of ether oxygens (including phenoxy) is 1. The van der Waals surface area contributed by atoms with Crippen LogP contribution in [-0.2, 0) is 11.2 Å². The Labute approximate surface area is 225 Å². The molecule has 2 aromatic heterocycles. The van der Waals surface area contributed by atoms with Crippen molar-refractivity contribution in [3.05, 3.63) is 66.1 Å². The Kier molecular flexibility index (Phi) is 10.4. The van der Waals surface area contributed by atoms with E-state index in [-0.39, 0.29) is 12.3 Å². The number of carbonyl (C=O) groups is 1. The van der Waals surface area contributed by atoms with Gasteiger partial charge in [-0.05, 0) is 117 Å². The number of piperidine rings is 1. The Hall–Kier alpha value is -3.06. The molecule has 4 rings (SSSR count). The molecule has 3 atom stereocenters. The van der Waals surface area contributed by atoms with Crippen molar-refractivity contribution in [2.45, 2.75) is 64.0 Å². The van der Waals surface area contributed by atoms with Crippen molar-refractivity contribution in [2.24, 2.45) is 11.8 Å². The van der Waals surface area contributed by atoms with Crippen LogP contribution in [0.15, 0.2) is 55.0 Å². The molecular formula is C31H40FN3O3. The molecule has 0 bridgehead atoms. The van der Waals surface area contributed by atoms with Crippen LogP contribution < -0.4 is 4.74 Å². The van der Waals surface area contributed by atoms with E-state index in [0.717, 1.165) is 62.6 Å². The van der Waals surface area contributed by atoms with E-state index < -0.39 is 12.1 Å². The minimum absolute atomic E-state index is 0.175. The van der Waals surface area contributed by atoms with E-state index >= 15 is 4.39 Å². The standard InChI is InChI=1S/C31H40FN3O3/c1-38-26-8-10-30-28(21-26)27(14-18-34-30)29(32)9-6-24-15-20-35(22-25(24)7-11-31(36)37)19-4-2-3-5-23-12-16-33-17-13-23/h8,10,12-14,16-18,21,24-25,29H,2-7,9,11,15,19-20,22H2,1H3,(H,36,37)/t24-,25+,29?/m1/s1. The van der Waals surface area contributed by atoms with Gasteiger partial charge in [-0.15, -0.1) is 0 Å². The second-order valence-corrected chi connectivity index (χ2v) is 10.5. The Morgan fingerprint density at radius 3 is 2.74 bits per heavy atom. The molecule has 1 saturated heterocycles. The number of aromatic nitrogens is 2. The molecule has 38 heavy (non-hydrogen) atoms. The molecule has 1 fully saturated rings. The summed E-state index contributed by atoms with van der Waals surface area (Å²) in [6, 6.07) is 11.5. The second-order valence-electron chi connectivity index (χ2n) is 10.5. The number of aliphatic carboxylic acids is 1. The van der Waals surface area contributed by atoms with E-state index in [0.29, 0.717) is 30.1 Å². The lowest BCUT2D eigenvalue weighted by Gasteiger charge is -2.39. The highest BCUT2D eigenvalue weighted by Gasteiger charge is 2.30. The predicted molar refractivity (Wildman–Crippen MR) is 148 cm³/mol. The van der Waals surface area contributed by atoms with Crippen LogP contribution in [-0.4, -0.2) is 52.7 Å². The van der Waals surface area contributed by atoms with E-state index in [9.17, 15) is 9.90 Å². The van der Waals surface area contributed by atoms with Crippen molar-refractivity contribution in [3.8, 4) is 5.75 Å². The number of alkyl halides is 1. The number of carboxylic acid groups (broad SMARTS) is 1. The van der Waals surface area contributed by atoms with Crippen LogP contribution in [0.1, 0.15) is 68.7 Å². The summed E-state index contributed by atoms with van der Waals surface area (Å²) in [5.41, 5.74) is 2.75. The minimum atomic E-state index is -1.09. The summed E-state index contributed by atoms with van der Waals surface area (Å²) in [4.78, 5) is 22.3. The Balaban J connectivity index is 1.29. The zero-order valence-corrected chi connectivity index (χ0v) is 22.4. The normalized spacial score (nSPS) is 18.9. The van der Waals surface area contributed by atoms with Gasteiger partial charge in [-0.25, -0.2) is 4.39 Å². The molecule has 3 heterocycles. The smallest absolute Gasteiger partial charge is 0.303 e. The van der Waals surface area contributed by atoms with Crippen LogP contribution in [0.2, 0.25) is 0 Å². The van der Waals surface area contributed by atoms with Crippen LogP contribution >= 0.6 is 0 Å². The summed E-state index contributed by atoms with van der Waals surface area (Å²) in [7, 11) is 1.61. The lowest BCUT2D eigenvalue weighted by atomic mass is 9.79. The van der Waals surface area contributed by atoms with Gasteiger partial charge in [0.25, 0.3) is 0 Å². The Morgan fingerprint density at radius 1 is 1.11 bits per heavy atom. The maximum absolute atomic E-state index is 15.6. The zero-order valence-electron chi connectivity index (χ0n) is 22.4. The van der Waals surface area contributed by atoms with Crippen LogP contribution in [0.3, 0.4) is 0 Å². The fourth-order valence-corrected chi connectivity index (χ4v) is 5.83. The zero-order chi connectivity index (χ0) is 26.7. The Morgan fingerprint density at radius 2 is 1.95 bits per heavy atom. The van der Waals surface area contributed by atoms with Gasteiger partial charge in [0.05, 0.1) is 12.6 Å². The number of benzene rings is 1. The third-order valence-corrected chi connectivity index (χ3v) is 8.00. The summed E-state index contributed by atoms with van der Waals surface area (Å²) in [5.74, 6) is 0.575. The van der Waals surface area contributed by atoms with E-state index in [2.05, 4.69) is 27.0 Å². The van der Waals surface area contributed by atoms with Crippen molar-refractivity contribution in [1.82, 2.24) is 14.9 Å². The Bertz CT molecular complexity index is 1160. The van der Waals surface area contributed by atoms with Crippen molar-refractivity contribution in [1.29, 1.82) is 0 Å². The van der Waals surface area contributed by atoms with Gasteiger partial charge in [0.15, 0.2) is 0 Å². The van der Waals surface area contributed by atoms with Gasteiger partial charge in [0.2, 0.25) is 0 Å². The number of methoxy groups -OCH3 is 1. The average Bonchev–Trinajstić information content (AvgIpc) is 2.95. The number of pyridine rings is 2. The molecule has 0 saturated carbocycles. The molecule has 0 amide bonds. The number of carboxylic acids is 1. The summed E-state index contributed by atoms with van der Waals surface area (Å²) < 4.78 is 20.9. The van der Waals surface area contributed by atoms with E-state index in [1.54, 1.807) is 19.4 Å². The van der Waals surface area contributed by atoms with Gasteiger partial charge >= 0.3 is 5.97 Å². The van der Waals surface area contributed by atoms with Crippen LogP contribution in [0.25, 0.3) is 10.9 Å². The van der Waals surface area contributed by atoms with Gasteiger partial charge in [0, 0.05) is 36.9 Å². The first kappa shape index (κ1) is 28.0. The lowest BCUT2D eigenvalue weighted by molar-refractivity contribution is -0.137. The number of rotatable bonds is 14. The molecule has 1 aromatic carbocycles.